The molecule has 0 aliphatic heterocycles. The van der Waals surface area contributed by atoms with Gasteiger partial charge in [-0.05, 0) is 54.4 Å². The summed E-state index contributed by atoms with van der Waals surface area (Å²) in [7, 11) is 0. The average molecular weight is 304 g/mol. The molecule has 0 saturated heterocycles. The topological polar surface area (TPSA) is 0 Å². The minimum absolute atomic E-state index is 0.396. The Kier molecular flexibility index (Phi) is 3.12. The fraction of sp³-hybridized carbons (Fsp3) is 0.565. The third kappa shape index (κ3) is 2.03. The van der Waals surface area contributed by atoms with Gasteiger partial charge in [-0.25, -0.2) is 0 Å². The maximum absolute atomic E-state index is 2.56. The second kappa shape index (κ2) is 5.10. The Labute approximate surface area is 140 Å². The first-order chi connectivity index (χ1) is 11.3. The molecule has 23 heavy (non-hydrogen) atoms. The molecule has 0 heteroatoms. The molecule has 0 unspecified atom stereocenters. The molecule has 2 spiro atoms. The zero-order valence-electron chi connectivity index (χ0n) is 14.2. The first-order valence-corrected chi connectivity index (χ1v) is 9.85. The Hall–Kier alpha value is -1.30. The summed E-state index contributed by atoms with van der Waals surface area (Å²) in [6.45, 7) is 0. The third-order valence-corrected chi connectivity index (χ3v) is 7.26. The molecule has 2 saturated carbocycles. The van der Waals surface area contributed by atoms with Gasteiger partial charge in [-0.15, -0.1) is 0 Å². The van der Waals surface area contributed by atoms with Crippen LogP contribution >= 0.6 is 0 Å². The van der Waals surface area contributed by atoms with E-state index < -0.39 is 0 Å². The Morgan fingerprint density at radius 3 is 1.39 bits per heavy atom. The van der Waals surface area contributed by atoms with Crippen molar-refractivity contribution in [1.82, 2.24) is 0 Å². The summed E-state index contributed by atoms with van der Waals surface area (Å²) in [6, 6.07) is 0. The molecule has 0 amide bonds. The average Bonchev–Trinajstić information content (AvgIpc) is 3.00. The normalized spacial score (nSPS) is 30.3. The summed E-state index contributed by atoms with van der Waals surface area (Å²) in [5.74, 6) is 0. The standard InChI is InChI=1S/C23H28/c1-3-11-22(12-4-1)15-9-18-17-19-10-16-23(13-5-2-6-14-23)21(19)8-7-20(18)22/h7-10,15-16H,1-6,11-14,17H2. The van der Waals surface area contributed by atoms with Crippen LogP contribution in [0.1, 0.15) is 70.6 Å². The lowest BCUT2D eigenvalue weighted by atomic mass is 9.69. The molecule has 5 aliphatic rings. The van der Waals surface area contributed by atoms with E-state index in [1.54, 1.807) is 22.3 Å². The fourth-order valence-corrected chi connectivity index (χ4v) is 5.98. The van der Waals surface area contributed by atoms with E-state index in [4.69, 9.17) is 0 Å². The first kappa shape index (κ1) is 14.1. The Bertz CT molecular complexity index is 607. The van der Waals surface area contributed by atoms with E-state index >= 15 is 0 Å². The molecule has 0 aromatic rings. The van der Waals surface area contributed by atoms with E-state index in [2.05, 4.69) is 36.5 Å². The van der Waals surface area contributed by atoms with Crippen LogP contribution in [0.15, 0.2) is 58.7 Å². The summed E-state index contributed by atoms with van der Waals surface area (Å²) >= 11 is 0. The molecule has 0 heterocycles. The molecule has 0 nitrogen and oxygen atoms in total. The van der Waals surface area contributed by atoms with Gasteiger partial charge in [0.05, 0.1) is 0 Å². The fourth-order valence-electron chi connectivity index (χ4n) is 5.98. The van der Waals surface area contributed by atoms with Crippen molar-refractivity contribution in [1.29, 1.82) is 0 Å². The number of hydrogen-bond donors (Lipinski definition) is 0. The SMILES string of the molecule is C1=CC2(CCCCC2)C2=C1CC1=C(C=C2)C2(C=C1)CCCCC2. The molecule has 0 atom stereocenters. The van der Waals surface area contributed by atoms with Crippen LogP contribution in [0.2, 0.25) is 0 Å². The summed E-state index contributed by atoms with van der Waals surface area (Å²) < 4.78 is 0. The smallest absolute Gasteiger partial charge is 0.0138 e. The van der Waals surface area contributed by atoms with Crippen LogP contribution in [-0.2, 0) is 0 Å². The highest BCUT2D eigenvalue weighted by atomic mass is 14.4. The van der Waals surface area contributed by atoms with Crippen LogP contribution in [0.3, 0.4) is 0 Å². The molecule has 5 rings (SSSR count). The van der Waals surface area contributed by atoms with Gasteiger partial charge >= 0.3 is 0 Å². The Morgan fingerprint density at radius 2 is 0.957 bits per heavy atom. The molecule has 5 aliphatic carbocycles. The Balaban J connectivity index is 1.51. The van der Waals surface area contributed by atoms with Crippen LogP contribution < -0.4 is 0 Å². The summed E-state index contributed by atoms with van der Waals surface area (Å²) in [6.07, 6.45) is 30.3. The van der Waals surface area contributed by atoms with Crippen LogP contribution in [0.5, 0.6) is 0 Å². The highest BCUT2D eigenvalue weighted by Gasteiger charge is 2.41. The van der Waals surface area contributed by atoms with Crippen LogP contribution in [0, 0.1) is 10.8 Å². The molecule has 0 aromatic heterocycles. The maximum Gasteiger partial charge on any atom is 0.0138 e. The highest BCUT2D eigenvalue weighted by Crippen LogP contribution is 2.55. The summed E-state index contributed by atoms with van der Waals surface area (Å²) in [5, 5.41) is 0. The van der Waals surface area contributed by atoms with Crippen molar-refractivity contribution >= 4 is 0 Å². The lowest BCUT2D eigenvalue weighted by molar-refractivity contribution is 0.314. The van der Waals surface area contributed by atoms with Crippen molar-refractivity contribution in [3.8, 4) is 0 Å². The van der Waals surface area contributed by atoms with Gasteiger partial charge in [-0.1, -0.05) is 75.0 Å². The van der Waals surface area contributed by atoms with E-state index in [-0.39, 0.29) is 0 Å². The van der Waals surface area contributed by atoms with Crippen LogP contribution in [0.4, 0.5) is 0 Å². The van der Waals surface area contributed by atoms with Crippen molar-refractivity contribution in [3.63, 3.8) is 0 Å². The molecule has 0 N–H and O–H groups in total. The highest BCUT2D eigenvalue weighted by molar-refractivity contribution is 5.59. The predicted molar refractivity (Wildman–Crippen MR) is 97.1 cm³/mol. The van der Waals surface area contributed by atoms with E-state index in [0.717, 1.165) is 0 Å². The number of allylic oxidation sites excluding steroid dienone is 10. The minimum Gasteiger partial charge on any atom is -0.0736 e. The number of fused-ring (bicyclic) bond motifs is 2. The zero-order chi connectivity index (χ0) is 15.3. The van der Waals surface area contributed by atoms with Gasteiger partial charge < -0.3 is 0 Å². The molecule has 0 bridgehead atoms. The van der Waals surface area contributed by atoms with Crippen molar-refractivity contribution in [2.75, 3.05) is 0 Å². The largest absolute Gasteiger partial charge is 0.0736 e. The van der Waals surface area contributed by atoms with E-state index in [0.29, 0.717) is 10.8 Å². The minimum atomic E-state index is 0.396. The van der Waals surface area contributed by atoms with E-state index in [9.17, 15) is 0 Å². The molecule has 0 radical (unpaired) electrons. The molecular formula is C23H28. The number of rotatable bonds is 0. The second-order valence-corrected chi connectivity index (χ2v) is 8.49. The van der Waals surface area contributed by atoms with Crippen molar-refractivity contribution in [3.05, 3.63) is 58.7 Å². The number of hydrogen-bond acceptors (Lipinski definition) is 0. The van der Waals surface area contributed by atoms with Crippen molar-refractivity contribution < 1.29 is 0 Å². The van der Waals surface area contributed by atoms with E-state index in [1.165, 1.54) is 70.6 Å². The monoisotopic (exact) mass is 304 g/mol. The zero-order valence-corrected chi connectivity index (χ0v) is 14.2. The summed E-state index contributed by atoms with van der Waals surface area (Å²) in [5.41, 5.74) is 7.37. The van der Waals surface area contributed by atoms with Gasteiger partial charge in [0.2, 0.25) is 0 Å². The van der Waals surface area contributed by atoms with Gasteiger partial charge in [0.25, 0.3) is 0 Å². The predicted octanol–water partition coefficient (Wildman–Crippen LogP) is 6.58. The first-order valence-electron chi connectivity index (χ1n) is 9.85. The van der Waals surface area contributed by atoms with Gasteiger partial charge in [0.1, 0.15) is 0 Å². The van der Waals surface area contributed by atoms with Crippen molar-refractivity contribution in [2.45, 2.75) is 70.6 Å². The van der Waals surface area contributed by atoms with Crippen molar-refractivity contribution in [2.24, 2.45) is 10.8 Å². The van der Waals surface area contributed by atoms with Gasteiger partial charge in [-0.3, -0.25) is 0 Å². The van der Waals surface area contributed by atoms with Crippen LogP contribution in [0.25, 0.3) is 0 Å². The Morgan fingerprint density at radius 1 is 0.522 bits per heavy atom. The molecular weight excluding hydrogens is 276 g/mol. The maximum atomic E-state index is 2.56. The van der Waals surface area contributed by atoms with Gasteiger partial charge in [0.15, 0.2) is 0 Å². The third-order valence-electron chi connectivity index (χ3n) is 7.26. The molecule has 0 aromatic carbocycles. The van der Waals surface area contributed by atoms with Crippen LogP contribution in [-0.4, -0.2) is 0 Å². The van der Waals surface area contributed by atoms with Gasteiger partial charge in [-0.2, -0.15) is 0 Å². The van der Waals surface area contributed by atoms with Gasteiger partial charge in [0, 0.05) is 10.8 Å². The van der Waals surface area contributed by atoms with E-state index in [1.807, 2.05) is 0 Å². The lowest BCUT2D eigenvalue weighted by Crippen LogP contribution is -2.23. The second-order valence-electron chi connectivity index (χ2n) is 8.49. The quantitative estimate of drug-likeness (QED) is 0.474. The molecule has 2 fully saturated rings. The lowest BCUT2D eigenvalue weighted by Gasteiger charge is -2.35. The molecule has 120 valence electrons. The summed E-state index contributed by atoms with van der Waals surface area (Å²) in [4.78, 5) is 0.